The van der Waals surface area contributed by atoms with Crippen LogP contribution in [0.15, 0.2) is 12.1 Å². The molecule has 1 rings (SSSR count). The van der Waals surface area contributed by atoms with Gasteiger partial charge in [0.15, 0.2) is 23.6 Å². The molecular weight excluding hydrogens is 292 g/mol. The van der Waals surface area contributed by atoms with E-state index in [1.807, 2.05) is 0 Å². The highest BCUT2D eigenvalue weighted by Gasteiger charge is 2.11. The van der Waals surface area contributed by atoms with Crippen LogP contribution in [0.25, 0.3) is 0 Å². The Morgan fingerprint density at radius 2 is 1.88 bits per heavy atom. The molecule has 1 atom stereocenters. The summed E-state index contributed by atoms with van der Waals surface area (Å²) < 4.78 is 43.5. The molecule has 0 fully saturated rings. The van der Waals surface area contributed by atoms with Crippen molar-refractivity contribution in [3.63, 3.8) is 0 Å². The summed E-state index contributed by atoms with van der Waals surface area (Å²) in [6.07, 6.45) is -1.58. The lowest BCUT2D eigenvalue weighted by Crippen LogP contribution is -1.91. The van der Waals surface area contributed by atoms with E-state index in [0.717, 1.165) is 34.2 Å². The van der Waals surface area contributed by atoms with Gasteiger partial charge in [-0.1, -0.05) is 17.4 Å². The van der Waals surface area contributed by atoms with Gasteiger partial charge in [0, 0.05) is 22.4 Å². The molecular formula is C8H10F3OPS2Si. The minimum absolute atomic E-state index is 0.0406. The van der Waals surface area contributed by atoms with Crippen LogP contribution in [0.3, 0.4) is 0 Å². The van der Waals surface area contributed by atoms with Crippen molar-refractivity contribution in [2.45, 2.75) is 6.04 Å². The minimum atomic E-state index is -1.58. The quantitative estimate of drug-likeness (QED) is 0.470. The van der Waals surface area contributed by atoms with E-state index in [-0.39, 0.29) is 5.75 Å². The molecule has 0 aliphatic carbocycles. The maximum Gasteiger partial charge on any atom is 0.194 e. The molecule has 0 saturated carbocycles. The van der Waals surface area contributed by atoms with Gasteiger partial charge in [-0.25, -0.2) is 13.2 Å². The fourth-order valence-electron chi connectivity index (χ4n) is 0.902. The predicted molar refractivity (Wildman–Crippen MR) is 69.8 cm³/mol. The summed E-state index contributed by atoms with van der Waals surface area (Å²) in [6.45, 7) is 0. The summed E-state index contributed by atoms with van der Waals surface area (Å²) in [5.41, 5.74) is 0. The molecule has 0 N–H and O–H groups in total. The number of hydrogen-bond donors (Lipinski definition) is 0. The molecule has 1 aromatic rings. The molecule has 0 amide bonds. The first-order chi connectivity index (χ1) is 7.54. The van der Waals surface area contributed by atoms with Crippen LogP contribution < -0.4 is 4.52 Å². The summed E-state index contributed by atoms with van der Waals surface area (Å²) in [5, 5.41) is 0. The summed E-state index contributed by atoms with van der Waals surface area (Å²) in [6, 6.07) is 2.72. The van der Waals surface area contributed by atoms with Gasteiger partial charge in [0.25, 0.3) is 0 Å². The van der Waals surface area contributed by atoms with Gasteiger partial charge in [-0.3, -0.25) is 0 Å². The molecule has 90 valence electrons. The highest BCUT2D eigenvalue weighted by atomic mass is 32.9. The summed E-state index contributed by atoms with van der Waals surface area (Å²) >= 11 is 6.50. The highest BCUT2D eigenvalue weighted by Crippen LogP contribution is 2.40. The molecule has 0 heterocycles. The summed E-state index contributed by atoms with van der Waals surface area (Å²) in [5.74, 6) is -3.14. The van der Waals surface area contributed by atoms with Crippen molar-refractivity contribution in [1.82, 2.24) is 0 Å². The van der Waals surface area contributed by atoms with E-state index in [1.165, 1.54) is 11.4 Å². The Morgan fingerprint density at radius 3 is 2.38 bits per heavy atom. The molecule has 0 bridgehead atoms. The highest BCUT2D eigenvalue weighted by molar-refractivity contribution is 8.62. The second-order valence-electron chi connectivity index (χ2n) is 2.90. The van der Waals surface area contributed by atoms with Crippen molar-refractivity contribution in [1.29, 1.82) is 0 Å². The van der Waals surface area contributed by atoms with E-state index in [2.05, 4.69) is 0 Å². The number of rotatable bonds is 5. The monoisotopic (exact) mass is 302 g/mol. The van der Waals surface area contributed by atoms with E-state index in [4.69, 9.17) is 16.3 Å². The van der Waals surface area contributed by atoms with Gasteiger partial charge in [-0.05, 0) is 17.6 Å². The first-order valence-corrected chi connectivity index (χ1v) is 10.2. The average Bonchev–Trinajstić information content (AvgIpc) is 2.23. The van der Waals surface area contributed by atoms with Crippen molar-refractivity contribution in [3.8, 4) is 5.75 Å². The summed E-state index contributed by atoms with van der Waals surface area (Å²) in [4.78, 5) is 0. The molecule has 16 heavy (non-hydrogen) atoms. The maximum absolute atomic E-state index is 12.8. The van der Waals surface area contributed by atoms with Crippen LogP contribution in [-0.2, 0) is 11.8 Å². The van der Waals surface area contributed by atoms with Crippen LogP contribution in [0, 0.1) is 17.5 Å². The second-order valence-corrected chi connectivity index (χ2v) is 9.17. The first-order valence-electron chi connectivity index (χ1n) is 4.53. The fourth-order valence-corrected chi connectivity index (χ4v) is 6.10. The Kier molecular flexibility index (Phi) is 5.89. The lowest BCUT2D eigenvalue weighted by molar-refractivity contribution is 0.440. The van der Waals surface area contributed by atoms with Crippen LogP contribution in [-0.4, -0.2) is 16.0 Å². The molecule has 1 aromatic carbocycles. The zero-order valence-electron chi connectivity index (χ0n) is 8.43. The van der Waals surface area contributed by atoms with Crippen molar-refractivity contribution in [2.24, 2.45) is 0 Å². The van der Waals surface area contributed by atoms with Crippen LogP contribution in [0.2, 0.25) is 6.04 Å². The minimum Gasteiger partial charge on any atom is -0.459 e. The lowest BCUT2D eigenvalue weighted by atomic mass is 10.3. The molecule has 1 unspecified atom stereocenters. The van der Waals surface area contributed by atoms with Crippen molar-refractivity contribution in [2.75, 3.05) is 5.75 Å². The van der Waals surface area contributed by atoms with E-state index in [9.17, 15) is 13.2 Å². The number of hydrogen-bond acceptors (Lipinski definition) is 3. The molecule has 0 radical (unpaired) electrons. The van der Waals surface area contributed by atoms with Crippen LogP contribution >= 0.6 is 17.5 Å². The zero-order valence-corrected chi connectivity index (χ0v) is 13.1. The fraction of sp³-hybridized carbons (Fsp3) is 0.250. The zero-order chi connectivity index (χ0) is 12.1. The van der Waals surface area contributed by atoms with Gasteiger partial charge in [0.1, 0.15) is 5.75 Å². The Labute approximate surface area is 104 Å². The third-order valence-electron chi connectivity index (χ3n) is 1.58. The molecule has 0 aromatic heterocycles. The molecule has 8 heteroatoms. The van der Waals surface area contributed by atoms with Gasteiger partial charge in [-0.2, -0.15) is 0 Å². The molecule has 1 nitrogen and oxygen atoms in total. The van der Waals surface area contributed by atoms with Gasteiger partial charge in [0.2, 0.25) is 0 Å². The van der Waals surface area contributed by atoms with E-state index < -0.39 is 23.6 Å². The largest absolute Gasteiger partial charge is 0.459 e. The average molecular weight is 302 g/mol. The Morgan fingerprint density at radius 1 is 1.31 bits per heavy atom. The van der Waals surface area contributed by atoms with Crippen molar-refractivity contribution < 1.29 is 17.7 Å². The van der Waals surface area contributed by atoms with Gasteiger partial charge in [0.05, 0.1) is 0 Å². The predicted octanol–water partition coefficient (Wildman–Crippen LogP) is 2.51. The first kappa shape index (κ1) is 14.1. The Hall–Kier alpha value is 0.0269. The van der Waals surface area contributed by atoms with Crippen LogP contribution in [0.5, 0.6) is 5.75 Å². The third kappa shape index (κ3) is 4.12. The van der Waals surface area contributed by atoms with Gasteiger partial charge in [-0.15, -0.1) is 0 Å². The lowest BCUT2D eigenvalue weighted by Gasteiger charge is -2.08. The molecule has 0 spiro atoms. The Bertz CT molecular complexity index is 382. The normalized spacial score (nSPS) is 12.7. The van der Waals surface area contributed by atoms with E-state index in [1.54, 1.807) is 0 Å². The number of halogens is 3. The van der Waals surface area contributed by atoms with Crippen LogP contribution in [0.4, 0.5) is 13.2 Å². The third-order valence-corrected chi connectivity index (χ3v) is 6.94. The van der Waals surface area contributed by atoms with E-state index >= 15 is 0 Å². The molecule has 0 saturated heterocycles. The standard InChI is InChI=1S/C8H10F3OPS2Si/c9-6-3-5(4-7(10)8(6)11)12-13(14)15-1-2-16/h3-4,13H,1-2H2,16H3. The van der Waals surface area contributed by atoms with Gasteiger partial charge < -0.3 is 4.52 Å². The second kappa shape index (κ2) is 6.69. The molecule has 0 aliphatic rings. The van der Waals surface area contributed by atoms with Gasteiger partial charge >= 0.3 is 0 Å². The van der Waals surface area contributed by atoms with Crippen molar-refractivity contribution >= 4 is 39.6 Å². The SMILES string of the molecule is Fc1cc(O[PH](=S)SCC[SiH3])cc(F)c1F. The topological polar surface area (TPSA) is 9.23 Å². The maximum atomic E-state index is 12.8. The number of benzene rings is 1. The van der Waals surface area contributed by atoms with Crippen molar-refractivity contribution in [3.05, 3.63) is 29.6 Å². The summed E-state index contributed by atoms with van der Waals surface area (Å²) in [7, 11) is 1.09. The smallest absolute Gasteiger partial charge is 0.194 e. The van der Waals surface area contributed by atoms with E-state index in [0.29, 0.717) is 0 Å². The Balaban J connectivity index is 2.71. The van der Waals surface area contributed by atoms with Crippen LogP contribution in [0.1, 0.15) is 0 Å². The molecule has 0 aliphatic heterocycles.